The van der Waals surface area contributed by atoms with E-state index in [1.54, 1.807) is 11.3 Å². The van der Waals surface area contributed by atoms with Crippen LogP contribution in [0.4, 0.5) is 4.79 Å². The molecule has 1 unspecified atom stereocenters. The maximum Gasteiger partial charge on any atom is 0.407 e. The molecule has 0 radical (unpaired) electrons. The van der Waals surface area contributed by atoms with Crippen LogP contribution in [0.15, 0.2) is 15.9 Å². The van der Waals surface area contributed by atoms with Gasteiger partial charge in [0.25, 0.3) is 0 Å². The number of carbonyl (C=O) groups is 1. The molecule has 1 aromatic heterocycles. The van der Waals surface area contributed by atoms with Gasteiger partial charge >= 0.3 is 6.09 Å². The summed E-state index contributed by atoms with van der Waals surface area (Å²) in [6, 6.07) is 4.32. The van der Waals surface area contributed by atoms with Gasteiger partial charge in [0.15, 0.2) is 0 Å². The van der Waals surface area contributed by atoms with Crippen LogP contribution in [-0.2, 0) is 11.3 Å². The molecule has 1 aromatic rings. The average molecular weight is 375 g/mol. The minimum atomic E-state index is -0.450. The molecule has 1 aliphatic carbocycles. The molecule has 6 heteroatoms. The summed E-state index contributed by atoms with van der Waals surface area (Å²) >= 11 is 5.19. The van der Waals surface area contributed by atoms with E-state index in [0.29, 0.717) is 5.92 Å². The first-order valence-corrected chi connectivity index (χ1v) is 8.89. The van der Waals surface area contributed by atoms with Gasteiger partial charge < -0.3 is 15.4 Å². The van der Waals surface area contributed by atoms with Crippen LogP contribution in [0.2, 0.25) is 0 Å². The van der Waals surface area contributed by atoms with E-state index in [4.69, 9.17) is 4.74 Å². The molecule has 2 rings (SSSR count). The molecular weight excluding hydrogens is 352 g/mol. The van der Waals surface area contributed by atoms with Crippen molar-refractivity contribution in [2.24, 2.45) is 5.92 Å². The molecular formula is C15H23BrN2O2S. The van der Waals surface area contributed by atoms with Crippen molar-refractivity contribution in [3.05, 3.63) is 20.8 Å². The van der Waals surface area contributed by atoms with Gasteiger partial charge in [0.05, 0.1) is 3.79 Å². The first-order chi connectivity index (χ1) is 9.83. The first kappa shape index (κ1) is 16.8. The number of alkyl carbamates (subject to hydrolysis) is 1. The molecule has 0 saturated heterocycles. The second-order valence-electron chi connectivity index (χ2n) is 6.43. The van der Waals surface area contributed by atoms with E-state index in [9.17, 15) is 4.79 Å². The lowest BCUT2D eigenvalue weighted by molar-refractivity contribution is 0.0497. The Labute approximate surface area is 138 Å². The van der Waals surface area contributed by atoms with Crippen LogP contribution in [0.25, 0.3) is 0 Å². The van der Waals surface area contributed by atoms with Gasteiger partial charge in [-0.15, -0.1) is 11.3 Å². The summed E-state index contributed by atoms with van der Waals surface area (Å²) in [5.74, 6) is 0.583. The Morgan fingerprint density at radius 1 is 1.48 bits per heavy atom. The maximum absolute atomic E-state index is 11.9. The standard InChI is InChI=1S/C15H23BrN2O2S/c1-15(2,3)20-14(19)18-12(10-4-5-10)9-17-8-11-6-7-13(16)21-11/h6-7,10,12,17H,4-5,8-9H2,1-3H3,(H,18,19). The van der Waals surface area contributed by atoms with Gasteiger partial charge in [0.1, 0.15) is 5.60 Å². The van der Waals surface area contributed by atoms with E-state index in [1.165, 1.54) is 17.7 Å². The lowest BCUT2D eigenvalue weighted by Crippen LogP contribution is -2.45. The van der Waals surface area contributed by atoms with Gasteiger partial charge in [-0.25, -0.2) is 4.79 Å². The first-order valence-electron chi connectivity index (χ1n) is 7.28. The summed E-state index contributed by atoms with van der Waals surface area (Å²) in [5, 5.41) is 6.42. The molecule has 0 spiro atoms. The number of rotatable bonds is 6. The molecule has 1 atom stereocenters. The second kappa shape index (κ2) is 7.11. The number of halogens is 1. The number of ether oxygens (including phenoxy) is 1. The molecule has 21 heavy (non-hydrogen) atoms. The molecule has 0 aliphatic heterocycles. The monoisotopic (exact) mass is 374 g/mol. The van der Waals surface area contributed by atoms with E-state index < -0.39 is 5.60 Å². The zero-order chi connectivity index (χ0) is 15.5. The van der Waals surface area contributed by atoms with E-state index in [0.717, 1.165) is 16.9 Å². The number of hydrogen-bond donors (Lipinski definition) is 2. The van der Waals surface area contributed by atoms with E-state index in [2.05, 4.69) is 38.7 Å². The van der Waals surface area contributed by atoms with Gasteiger partial charge in [-0.05, 0) is 67.6 Å². The number of hydrogen-bond acceptors (Lipinski definition) is 4. The Balaban J connectivity index is 1.76. The average Bonchev–Trinajstić information content (AvgIpc) is 3.10. The van der Waals surface area contributed by atoms with Gasteiger partial charge in [-0.2, -0.15) is 0 Å². The molecule has 1 amide bonds. The van der Waals surface area contributed by atoms with E-state index >= 15 is 0 Å². The van der Waals surface area contributed by atoms with Gasteiger partial charge in [-0.1, -0.05) is 0 Å². The largest absolute Gasteiger partial charge is 0.444 e. The third kappa shape index (κ3) is 6.36. The summed E-state index contributed by atoms with van der Waals surface area (Å²) in [7, 11) is 0. The summed E-state index contributed by atoms with van der Waals surface area (Å²) in [6.45, 7) is 7.25. The summed E-state index contributed by atoms with van der Waals surface area (Å²) in [4.78, 5) is 13.2. The predicted octanol–water partition coefficient (Wildman–Crippen LogP) is 3.90. The fourth-order valence-corrected chi connectivity index (χ4v) is 3.54. The highest BCUT2D eigenvalue weighted by Gasteiger charge is 2.33. The molecule has 1 fully saturated rings. The Morgan fingerprint density at radius 2 is 2.19 bits per heavy atom. The Bertz CT molecular complexity index is 480. The van der Waals surface area contributed by atoms with Crippen molar-refractivity contribution >= 4 is 33.4 Å². The van der Waals surface area contributed by atoms with Gasteiger partial charge in [0.2, 0.25) is 0 Å². The van der Waals surface area contributed by atoms with Gasteiger partial charge in [-0.3, -0.25) is 0 Å². The molecule has 0 aromatic carbocycles. The highest BCUT2D eigenvalue weighted by atomic mass is 79.9. The fourth-order valence-electron chi connectivity index (χ4n) is 2.09. The van der Waals surface area contributed by atoms with Crippen molar-refractivity contribution < 1.29 is 9.53 Å². The zero-order valence-electron chi connectivity index (χ0n) is 12.7. The molecule has 0 bridgehead atoms. The molecule has 4 nitrogen and oxygen atoms in total. The number of thiophene rings is 1. The van der Waals surface area contributed by atoms with Crippen molar-refractivity contribution in [3.63, 3.8) is 0 Å². The Kier molecular flexibility index (Phi) is 5.68. The molecule has 1 heterocycles. The van der Waals surface area contributed by atoms with Crippen molar-refractivity contribution in [1.29, 1.82) is 0 Å². The van der Waals surface area contributed by atoms with Gasteiger partial charge in [0, 0.05) is 24.0 Å². The van der Waals surface area contributed by atoms with Crippen LogP contribution >= 0.6 is 27.3 Å². The highest BCUT2D eigenvalue weighted by molar-refractivity contribution is 9.11. The Hall–Kier alpha value is -0.590. The Morgan fingerprint density at radius 3 is 2.71 bits per heavy atom. The topological polar surface area (TPSA) is 50.4 Å². The smallest absolute Gasteiger partial charge is 0.407 e. The van der Waals surface area contributed by atoms with Crippen LogP contribution in [0.1, 0.15) is 38.5 Å². The van der Waals surface area contributed by atoms with E-state index in [1.807, 2.05) is 20.8 Å². The SMILES string of the molecule is CC(C)(C)OC(=O)NC(CNCc1ccc(Br)s1)C1CC1. The second-order valence-corrected chi connectivity index (χ2v) is 8.97. The van der Waals surface area contributed by atoms with Crippen LogP contribution in [0.3, 0.4) is 0 Å². The van der Waals surface area contributed by atoms with Crippen LogP contribution in [0, 0.1) is 5.92 Å². The van der Waals surface area contributed by atoms with Crippen molar-refractivity contribution in [1.82, 2.24) is 10.6 Å². The maximum atomic E-state index is 11.9. The third-order valence-electron chi connectivity index (χ3n) is 3.19. The number of nitrogens with one attached hydrogen (secondary N) is 2. The summed E-state index contributed by atoms with van der Waals surface area (Å²) < 4.78 is 6.48. The highest BCUT2D eigenvalue weighted by Crippen LogP contribution is 2.32. The normalized spacial score (nSPS) is 16.6. The molecule has 1 aliphatic rings. The number of amides is 1. The lowest BCUT2D eigenvalue weighted by Gasteiger charge is -2.23. The lowest BCUT2D eigenvalue weighted by atomic mass is 10.2. The quantitative estimate of drug-likeness (QED) is 0.793. The minimum Gasteiger partial charge on any atom is -0.444 e. The molecule has 2 N–H and O–H groups in total. The fraction of sp³-hybridized carbons (Fsp3) is 0.667. The predicted molar refractivity (Wildman–Crippen MR) is 89.6 cm³/mol. The zero-order valence-corrected chi connectivity index (χ0v) is 15.1. The minimum absolute atomic E-state index is 0.156. The molecule has 1 saturated carbocycles. The summed E-state index contributed by atoms with van der Waals surface area (Å²) in [6.07, 6.45) is 2.06. The van der Waals surface area contributed by atoms with Crippen LogP contribution < -0.4 is 10.6 Å². The van der Waals surface area contributed by atoms with Crippen LogP contribution in [0.5, 0.6) is 0 Å². The van der Waals surface area contributed by atoms with Crippen molar-refractivity contribution in [3.8, 4) is 0 Å². The molecule has 118 valence electrons. The number of carbonyl (C=O) groups excluding carboxylic acids is 1. The third-order valence-corrected chi connectivity index (χ3v) is 4.81. The van der Waals surface area contributed by atoms with Crippen molar-refractivity contribution in [2.45, 2.75) is 51.8 Å². The summed E-state index contributed by atoms with van der Waals surface area (Å²) in [5.41, 5.74) is -0.450. The van der Waals surface area contributed by atoms with Crippen LogP contribution in [-0.4, -0.2) is 24.3 Å². The van der Waals surface area contributed by atoms with Crippen molar-refractivity contribution in [2.75, 3.05) is 6.54 Å². The van der Waals surface area contributed by atoms with E-state index in [-0.39, 0.29) is 12.1 Å².